The number of rotatable bonds is 7. The van der Waals surface area contributed by atoms with Gasteiger partial charge < -0.3 is 24.6 Å². The number of anilines is 1. The van der Waals surface area contributed by atoms with Gasteiger partial charge in [-0.2, -0.15) is 0 Å². The third kappa shape index (κ3) is 5.34. The molecule has 132 valence electrons. The summed E-state index contributed by atoms with van der Waals surface area (Å²) >= 11 is 0. The number of carbonyl (C=O) groups is 3. The van der Waals surface area contributed by atoms with E-state index in [2.05, 4.69) is 15.8 Å². The summed E-state index contributed by atoms with van der Waals surface area (Å²) in [4.78, 5) is 35.2. The number of aromatic nitrogens is 1. The van der Waals surface area contributed by atoms with Crippen molar-refractivity contribution < 1.29 is 28.4 Å². The Bertz CT molecular complexity index is 771. The summed E-state index contributed by atoms with van der Waals surface area (Å²) in [5.41, 5.74) is 0.289. The monoisotopic (exact) mass is 347 g/mol. The van der Waals surface area contributed by atoms with Crippen molar-refractivity contribution in [2.24, 2.45) is 0 Å². The van der Waals surface area contributed by atoms with E-state index < -0.39 is 24.4 Å². The minimum Gasteiger partial charge on any atom is -0.496 e. The highest BCUT2D eigenvalue weighted by molar-refractivity contribution is 5.98. The van der Waals surface area contributed by atoms with E-state index in [1.807, 2.05) is 0 Å². The molecule has 1 heterocycles. The fourth-order valence-corrected chi connectivity index (χ4v) is 1.88. The number of esters is 1. The fourth-order valence-electron chi connectivity index (χ4n) is 1.88. The first-order valence-electron chi connectivity index (χ1n) is 7.29. The smallest absolute Gasteiger partial charge is 0.325 e. The largest absolute Gasteiger partial charge is 0.496 e. The molecule has 9 heteroatoms. The molecular weight excluding hydrogens is 330 g/mol. The SMILES string of the molecule is COc1ccccc1C(=O)NCC(=O)OCC(=O)Nc1cc(C)on1. The zero-order chi connectivity index (χ0) is 18.2. The number of hydrogen-bond acceptors (Lipinski definition) is 7. The van der Waals surface area contributed by atoms with Crippen LogP contribution in [-0.2, 0) is 14.3 Å². The molecule has 0 aliphatic rings. The minimum absolute atomic E-state index is 0.225. The number of methoxy groups -OCH3 is 1. The lowest BCUT2D eigenvalue weighted by Gasteiger charge is -2.09. The van der Waals surface area contributed by atoms with Gasteiger partial charge in [0.2, 0.25) is 0 Å². The first kappa shape index (κ1) is 18.0. The van der Waals surface area contributed by atoms with Crippen LogP contribution in [0, 0.1) is 6.92 Å². The fraction of sp³-hybridized carbons (Fsp3) is 0.250. The van der Waals surface area contributed by atoms with Crippen molar-refractivity contribution in [2.45, 2.75) is 6.92 Å². The number of hydrogen-bond donors (Lipinski definition) is 2. The van der Waals surface area contributed by atoms with E-state index in [0.29, 0.717) is 11.5 Å². The zero-order valence-corrected chi connectivity index (χ0v) is 13.7. The summed E-state index contributed by atoms with van der Waals surface area (Å²) in [7, 11) is 1.44. The van der Waals surface area contributed by atoms with Crippen molar-refractivity contribution in [1.29, 1.82) is 0 Å². The van der Waals surface area contributed by atoms with Crippen molar-refractivity contribution >= 4 is 23.6 Å². The number of carbonyl (C=O) groups excluding carboxylic acids is 3. The molecule has 1 aromatic carbocycles. The predicted molar refractivity (Wildman–Crippen MR) is 86.2 cm³/mol. The van der Waals surface area contributed by atoms with Crippen molar-refractivity contribution in [3.8, 4) is 5.75 Å². The third-order valence-corrected chi connectivity index (χ3v) is 3.00. The van der Waals surface area contributed by atoms with E-state index in [-0.39, 0.29) is 17.9 Å². The number of benzene rings is 1. The van der Waals surface area contributed by atoms with Crippen molar-refractivity contribution in [3.63, 3.8) is 0 Å². The van der Waals surface area contributed by atoms with Crippen LogP contribution in [0.15, 0.2) is 34.9 Å². The normalized spacial score (nSPS) is 10.0. The second kappa shape index (κ2) is 8.48. The lowest BCUT2D eigenvalue weighted by Crippen LogP contribution is -2.32. The Morgan fingerprint density at radius 2 is 2.00 bits per heavy atom. The van der Waals surface area contributed by atoms with Crippen molar-refractivity contribution in [1.82, 2.24) is 10.5 Å². The lowest BCUT2D eigenvalue weighted by molar-refractivity contribution is -0.146. The molecule has 0 radical (unpaired) electrons. The average molecular weight is 347 g/mol. The first-order valence-corrected chi connectivity index (χ1v) is 7.29. The molecule has 2 rings (SSSR count). The molecule has 0 unspecified atom stereocenters. The molecule has 0 saturated carbocycles. The summed E-state index contributed by atoms with van der Waals surface area (Å²) in [6.07, 6.45) is 0. The molecule has 1 aromatic heterocycles. The van der Waals surface area contributed by atoms with Gasteiger partial charge in [0, 0.05) is 6.07 Å². The van der Waals surface area contributed by atoms with E-state index in [0.717, 1.165) is 0 Å². The second-order valence-electron chi connectivity index (χ2n) is 4.91. The van der Waals surface area contributed by atoms with Crippen LogP contribution in [0.3, 0.4) is 0 Å². The van der Waals surface area contributed by atoms with Crippen LogP contribution in [0.2, 0.25) is 0 Å². The molecule has 2 N–H and O–H groups in total. The van der Waals surface area contributed by atoms with Gasteiger partial charge in [-0.3, -0.25) is 14.4 Å². The topological polar surface area (TPSA) is 120 Å². The highest BCUT2D eigenvalue weighted by atomic mass is 16.5. The number of para-hydroxylation sites is 1. The zero-order valence-electron chi connectivity index (χ0n) is 13.7. The molecule has 0 spiro atoms. The molecule has 0 saturated heterocycles. The van der Waals surface area contributed by atoms with Gasteiger partial charge >= 0.3 is 5.97 Å². The Morgan fingerprint density at radius 3 is 2.68 bits per heavy atom. The van der Waals surface area contributed by atoms with E-state index in [1.165, 1.54) is 13.2 Å². The van der Waals surface area contributed by atoms with Gasteiger partial charge in [-0.05, 0) is 19.1 Å². The maximum atomic E-state index is 12.0. The molecule has 0 atom stereocenters. The Kier molecular flexibility index (Phi) is 6.10. The summed E-state index contributed by atoms with van der Waals surface area (Å²) < 4.78 is 14.6. The Hall–Kier alpha value is -3.36. The Balaban J connectivity index is 1.75. The van der Waals surface area contributed by atoms with Gasteiger partial charge in [-0.25, -0.2) is 0 Å². The van der Waals surface area contributed by atoms with E-state index >= 15 is 0 Å². The Labute approximate surface area is 143 Å². The van der Waals surface area contributed by atoms with Crippen molar-refractivity contribution in [3.05, 3.63) is 41.7 Å². The van der Waals surface area contributed by atoms with E-state index in [1.54, 1.807) is 31.2 Å². The number of amides is 2. The summed E-state index contributed by atoms with van der Waals surface area (Å²) in [5, 5.41) is 8.37. The van der Waals surface area contributed by atoms with E-state index in [9.17, 15) is 14.4 Å². The van der Waals surface area contributed by atoms with Crippen LogP contribution < -0.4 is 15.4 Å². The third-order valence-electron chi connectivity index (χ3n) is 3.00. The van der Waals surface area contributed by atoms with Crippen LogP contribution in [0.4, 0.5) is 5.82 Å². The van der Waals surface area contributed by atoms with Crippen molar-refractivity contribution in [2.75, 3.05) is 25.6 Å². The quantitative estimate of drug-likeness (QED) is 0.714. The van der Waals surface area contributed by atoms with E-state index in [4.69, 9.17) is 14.0 Å². The molecule has 0 aliphatic heterocycles. The van der Waals surface area contributed by atoms with Gasteiger partial charge in [-0.15, -0.1) is 0 Å². The standard InChI is InChI=1S/C16H17N3O6/c1-10-7-13(19-25-10)18-14(20)9-24-15(21)8-17-16(22)11-5-3-4-6-12(11)23-2/h3-7H,8-9H2,1-2H3,(H,17,22)(H,18,19,20). The second-order valence-corrected chi connectivity index (χ2v) is 4.91. The van der Waals surface area contributed by atoms with Crippen LogP contribution >= 0.6 is 0 Å². The van der Waals surface area contributed by atoms with Crippen LogP contribution in [0.1, 0.15) is 16.1 Å². The summed E-state index contributed by atoms with van der Waals surface area (Å²) in [6.45, 7) is 0.787. The van der Waals surface area contributed by atoms with Crippen LogP contribution in [-0.4, -0.2) is 43.2 Å². The molecular formula is C16H17N3O6. The molecule has 0 fully saturated rings. The number of nitrogens with one attached hydrogen (secondary N) is 2. The molecule has 2 aromatic rings. The lowest BCUT2D eigenvalue weighted by atomic mass is 10.2. The average Bonchev–Trinajstić information content (AvgIpc) is 3.02. The molecule has 0 bridgehead atoms. The Morgan fingerprint density at radius 1 is 1.24 bits per heavy atom. The molecule has 0 aliphatic carbocycles. The predicted octanol–water partition coefficient (Wildman–Crippen LogP) is 0.903. The minimum atomic E-state index is -0.755. The summed E-state index contributed by atoms with van der Waals surface area (Å²) in [5.74, 6) is -0.672. The van der Waals surface area contributed by atoms with Gasteiger partial charge in [0.1, 0.15) is 18.1 Å². The van der Waals surface area contributed by atoms with Crippen LogP contribution in [0.25, 0.3) is 0 Å². The maximum absolute atomic E-state index is 12.0. The number of ether oxygens (including phenoxy) is 2. The van der Waals surface area contributed by atoms with Gasteiger partial charge in [0.05, 0.1) is 12.7 Å². The van der Waals surface area contributed by atoms with Crippen LogP contribution in [0.5, 0.6) is 5.75 Å². The summed E-state index contributed by atoms with van der Waals surface area (Å²) in [6, 6.07) is 8.10. The highest BCUT2D eigenvalue weighted by Crippen LogP contribution is 2.16. The molecule has 25 heavy (non-hydrogen) atoms. The molecule has 2 amide bonds. The number of aryl methyl sites for hydroxylation is 1. The molecule has 9 nitrogen and oxygen atoms in total. The van der Waals surface area contributed by atoms with Gasteiger partial charge in [-0.1, -0.05) is 17.3 Å². The highest BCUT2D eigenvalue weighted by Gasteiger charge is 2.14. The van der Waals surface area contributed by atoms with Gasteiger partial charge in [0.25, 0.3) is 11.8 Å². The number of nitrogens with zero attached hydrogens (tertiary/aromatic N) is 1. The maximum Gasteiger partial charge on any atom is 0.325 e. The van der Waals surface area contributed by atoms with Gasteiger partial charge in [0.15, 0.2) is 12.4 Å². The first-order chi connectivity index (χ1) is 12.0.